The smallest absolute Gasteiger partial charge is 0.130 e. The summed E-state index contributed by atoms with van der Waals surface area (Å²) >= 11 is 0. The van der Waals surface area contributed by atoms with Crippen LogP contribution in [0.3, 0.4) is 0 Å². The molecule has 0 amide bonds. The van der Waals surface area contributed by atoms with Crippen LogP contribution in [-0.4, -0.2) is 22.8 Å². The average Bonchev–Trinajstić information content (AvgIpc) is 2.17. The molecule has 0 aromatic rings. The van der Waals surface area contributed by atoms with E-state index in [2.05, 4.69) is 18.2 Å². The standard InChI is InChI=1S/C12H19NO/c1-3-12(14)8-9(2)13-11-7-5-4-6-10(11)12/h1,9-11,13-14H,4-8H2,2H3/t9-,10+,11+,12-/m1/s1. The molecule has 0 aromatic heterocycles. The van der Waals surface area contributed by atoms with E-state index >= 15 is 0 Å². The molecule has 2 rings (SSSR count). The van der Waals surface area contributed by atoms with Gasteiger partial charge < -0.3 is 10.4 Å². The van der Waals surface area contributed by atoms with Crippen molar-refractivity contribution in [3.05, 3.63) is 0 Å². The van der Waals surface area contributed by atoms with Gasteiger partial charge >= 0.3 is 0 Å². The van der Waals surface area contributed by atoms with Gasteiger partial charge in [-0.25, -0.2) is 0 Å². The van der Waals surface area contributed by atoms with Gasteiger partial charge in [0.2, 0.25) is 0 Å². The zero-order valence-corrected chi connectivity index (χ0v) is 8.79. The fourth-order valence-corrected chi connectivity index (χ4v) is 3.11. The van der Waals surface area contributed by atoms with E-state index in [1.165, 1.54) is 19.3 Å². The number of piperidine rings is 1. The number of hydrogen-bond acceptors (Lipinski definition) is 2. The van der Waals surface area contributed by atoms with Gasteiger partial charge in [0.05, 0.1) is 0 Å². The van der Waals surface area contributed by atoms with Crippen LogP contribution in [0.25, 0.3) is 0 Å². The molecule has 2 aliphatic rings. The minimum atomic E-state index is -0.851. The lowest BCUT2D eigenvalue weighted by atomic mass is 9.69. The minimum absolute atomic E-state index is 0.275. The van der Waals surface area contributed by atoms with Crippen molar-refractivity contribution in [2.24, 2.45) is 5.92 Å². The molecule has 1 heterocycles. The molecular formula is C12H19NO. The normalized spacial score (nSPS) is 47.9. The van der Waals surface area contributed by atoms with Crippen LogP contribution in [0, 0.1) is 18.3 Å². The van der Waals surface area contributed by atoms with E-state index in [0.717, 1.165) is 6.42 Å². The monoisotopic (exact) mass is 193 g/mol. The lowest BCUT2D eigenvalue weighted by Crippen LogP contribution is -2.59. The van der Waals surface area contributed by atoms with E-state index in [4.69, 9.17) is 6.42 Å². The topological polar surface area (TPSA) is 32.3 Å². The third-order valence-electron chi connectivity index (χ3n) is 3.75. The quantitative estimate of drug-likeness (QED) is 0.568. The van der Waals surface area contributed by atoms with E-state index < -0.39 is 5.60 Å². The van der Waals surface area contributed by atoms with Gasteiger partial charge in [0, 0.05) is 24.4 Å². The first-order valence-electron chi connectivity index (χ1n) is 5.62. The first-order valence-corrected chi connectivity index (χ1v) is 5.62. The van der Waals surface area contributed by atoms with Gasteiger partial charge in [-0.2, -0.15) is 0 Å². The molecule has 2 nitrogen and oxygen atoms in total. The summed E-state index contributed by atoms with van der Waals surface area (Å²) in [6.45, 7) is 2.10. The van der Waals surface area contributed by atoms with Crippen molar-refractivity contribution in [2.75, 3.05) is 0 Å². The summed E-state index contributed by atoms with van der Waals surface area (Å²) in [4.78, 5) is 0. The summed E-state index contributed by atoms with van der Waals surface area (Å²) in [5, 5.41) is 13.9. The molecule has 14 heavy (non-hydrogen) atoms. The number of nitrogens with one attached hydrogen (secondary N) is 1. The Hall–Kier alpha value is -0.520. The highest BCUT2D eigenvalue weighted by Gasteiger charge is 2.45. The Morgan fingerprint density at radius 1 is 1.43 bits per heavy atom. The summed E-state index contributed by atoms with van der Waals surface area (Å²) in [6.07, 6.45) is 10.9. The molecule has 1 saturated carbocycles. The molecule has 0 aromatic carbocycles. The zero-order chi connectivity index (χ0) is 10.2. The number of rotatable bonds is 0. The molecule has 78 valence electrons. The second-order valence-corrected chi connectivity index (χ2v) is 4.84. The lowest BCUT2D eigenvalue weighted by Gasteiger charge is -2.47. The third kappa shape index (κ3) is 1.55. The Morgan fingerprint density at radius 2 is 2.14 bits per heavy atom. The van der Waals surface area contributed by atoms with Crippen LogP contribution < -0.4 is 5.32 Å². The van der Waals surface area contributed by atoms with Crippen molar-refractivity contribution >= 4 is 0 Å². The molecule has 1 saturated heterocycles. The Bertz CT molecular complexity index is 258. The molecule has 0 radical (unpaired) electrons. The van der Waals surface area contributed by atoms with Crippen LogP contribution >= 0.6 is 0 Å². The first-order chi connectivity index (χ1) is 6.65. The second-order valence-electron chi connectivity index (χ2n) is 4.84. The predicted molar refractivity (Wildman–Crippen MR) is 56.7 cm³/mol. The molecular weight excluding hydrogens is 174 g/mol. The van der Waals surface area contributed by atoms with Gasteiger partial charge in [0.1, 0.15) is 5.60 Å². The fraction of sp³-hybridized carbons (Fsp3) is 0.833. The first kappa shape index (κ1) is 10.0. The van der Waals surface area contributed by atoms with Crippen LogP contribution in [0.5, 0.6) is 0 Å². The van der Waals surface area contributed by atoms with Gasteiger partial charge in [-0.1, -0.05) is 18.8 Å². The van der Waals surface area contributed by atoms with Crippen LogP contribution in [0.15, 0.2) is 0 Å². The fourth-order valence-electron chi connectivity index (χ4n) is 3.11. The molecule has 2 fully saturated rings. The van der Waals surface area contributed by atoms with E-state index in [0.29, 0.717) is 18.5 Å². The average molecular weight is 193 g/mol. The molecule has 2 N–H and O–H groups in total. The number of hydrogen-bond donors (Lipinski definition) is 2. The Balaban J connectivity index is 2.20. The summed E-state index contributed by atoms with van der Waals surface area (Å²) in [7, 11) is 0. The maximum Gasteiger partial charge on any atom is 0.130 e. The van der Waals surface area contributed by atoms with E-state index in [1.807, 2.05) is 0 Å². The van der Waals surface area contributed by atoms with E-state index in [1.54, 1.807) is 0 Å². The maximum atomic E-state index is 10.4. The predicted octanol–water partition coefficient (Wildman–Crippen LogP) is 1.29. The van der Waals surface area contributed by atoms with E-state index in [-0.39, 0.29) is 5.92 Å². The Morgan fingerprint density at radius 3 is 2.86 bits per heavy atom. The van der Waals surface area contributed by atoms with Gasteiger partial charge in [0.15, 0.2) is 0 Å². The van der Waals surface area contributed by atoms with Gasteiger partial charge in [0.25, 0.3) is 0 Å². The number of aliphatic hydroxyl groups is 1. The molecule has 0 bridgehead atoms. The summed E-state index contributed by atoms with van der Waals surface area (Å²) in [5.41, 5.74) is -0.851. The maximum absolute atomic E-state index is 10.4. The largest absolute Gasteiger partial charge is 0.377 e. The van der Waals surface area contributed by atoms with Crippen molar-refractivity contribution in [3.63, 3.8) is 0 Å². The summed E-state index contributed by atoms with van der Waals surface area (Å²) < 4.78 is 0. The van der Waals surface area contributed by atoms with Crippen LogP contribution in [0.2, 0.25) is 0 Å². The Kier molecular flexibility index (Phi) is 2.55. The Labute approximate surface area is 86.1 Å². The summed E-state index contributed by atoms with van der Waals surface area (Å²) in [5.74, 6) is 2.90. The van der Waals surface area contributed by atoms with Gasteiger partial charge in [-0.05, 0) is 19.8 Å². The molecule has 4 atom stereocenters. The van der Waals surface area contributed by atoms with Crippen molar-refractivity contribution in [3.8, 4) is 12.3 Å². The highest BCUT2D eigenvalue weighted by atomic mass is 16.3. The van der Waals surface area contributed by atoms with Crippen LogP contribution in [0.1, 0.15) is 39.0 Å². The molecule has 0 unspecified atom stereocenters. The van der Waals surface area contributed by atoms with Crippen molar-refractivity contribution in [2.45, 2.75) is 56.7 Å². The highest BCUT2D eigenvalue weighted by molar-refractivity contribution is 5.16. The third-order valence-corrected chi connectivity index (χ3v) is 3.75. The van der Waals surface area contributed by atoms with Crippen LogP contribution in [0.4, 0.5) is 0 Å². The van der Waals surface area contributed by atoms with Crippen molar-refractivity contribution in [1.82, 2.24) is 5.32 Å². The van der Waals surface area contributed by atoms with Gasteiger partial charge in [-0.15, -0.1) is 6.42 Å². The molecule has 2 heteroatoms. The van der Waals surface area contributed by atoms with Crippen molar-refractivity contribution < 1.29 is 5.11 Å². The SMILES string of the molecule is C#C[C@@]1(O)C[C@@H](C)N[C@H]2CCCC[C@@H]21. The summed E-state index contributed by atoms with van der Waals surface area (Å²) in [6, 6.07) is 0.781. The number of fused-ring (bicyclic) bond motifs is 1. The van der Waals surface area contributed by atoms with Crippen molar-refractivity contribution in [1.29, 1.82) is 0 Å². The number of terminal acetylenes is 1. The molecule has 0 spiro atoms. The van der Waals surface area contributed by atoms with Gasteiger partial charge in [-0.3, -0.25) is 0 Å². The highest BCUT2D eigenvalue weighted by Crippen LogP contribution is 2.38. The molecule has 1 aliphatic carbocycles. The minimum Gasteiger partial charge on any atom is -0.377 e. The van der Waals surface area contributed by atoms with Crippen LogP contribution in [-0.2, 0) is 0 Å². The lowest BCUT2D eigenvalue weighted by molar-refractivity contribution is -0.0384. The van der Waals surface area contributed by atoms with E-state index in [9.17, 15) is 5.11 Å². The zero-order valence-electron chi connectivity index (χ0n) is 8.79. The molecule has 1 aliphatic heterocycles. The second kappa shape index (κ2) is 3.56.